The summed E-state index contributed by atoms with van der Waals surface area (Å²) in [5, 5.41) is 14.7. The summed E-state index contributed by atoms with van der Waals surface area (Å²) in [6.07, 6.45) is 5.20. The van der Waals surface area contributed by atoms with Crippen molar-refractivity contribution in [1.29, 1.82) is 5.26 Å². The topological polar surface area (TPSA) is 194 Å². The number of fused-ring (bicyclic) bond motifs is 1. The zero-order valence-electron chi connectivity index (χ0n) is 34.2. The van der Waals surface area contributed by atoms with Gasteiger partial charge in [0.25, 0.3) is 17.7 Å². The van der Waals surface area contributed by atoms with Crippen molar-refractivity contribution in [2.75, 3.05) is 55.6 Å². The van der Waals surface area contributed by atoms with Crippen molar-refractivity contribution in [1.82, 2.24) is 35.4 Å². The number of nitrogens with zero attached hydrogens (tertiary/aromatic N) is 8. The molecular formula is C43H50N10O6. The van der Waals surface area contributed by atoms with E-state index in [9.17, 15) is 29.2 Å². The van der Waals surface area contributed by atoms with Crippen LogP contribution in [0.5, 0.6) is 5.88 Å². The van der Waals surface area contributed by atoms with E-state index in [0.717, 1.165) is 69.2 Å². The molecule has 3 saturated heterocycles. The quantitative estimate of drug-likeness (QED) is 0.300. The highest BCUT2D eigenvalue weighted by Gasteiger charge is 2.64. The number of ether oxygens (including phenoxy) is 1. The molecule has 2 aromatic heterocycles. The highest BCUT2D eigenvalue weighted by atomic mass is 16.5. The number of hydrogen-bond acceptors (Lipinski definition) is 13. The Kier molecular flexibility index (Phi) is 10.4. The molecule has 1 unspecified atom stereocenters. The number of piperazine rings is 1. The molecule has 16 nitrogen and oxygen atoms in total. The van der Waals surface area contributed by atoms with E-state index >= 15 is 0 Å². The molecule has 1 saturated carbocycles. The number of rotatable bonds is 9. The highest BCUT2D eigenvalue weighted by molar-refractivity contribution is 6.23. The predicted molar refractivity (Wildman–Crippen MR) is 216 cm³/mol. The summed E-state index contributed by atoms with van der Waals surface area (Å²) >= 11 is 0. The van der Waals surface area contributed by atoms with Crippen LogP contribution in [0.1, 0.15) is 95.7 Å². The first-order valence-electron chi connectivity index (χ1n) is 20.4. The van der Waals surface area contributed by atoms with Gasteiger partial charge in [-0.1, -0.05) is 27.7 Å². The monoisotopic (exact) mass is 802 g/mol. The predicted octanol–water partition coefficient (Wildman–Crippen LogP) is 3.10. The Morgan fingerprint density at radius 2 is 1.58 bits per heavy atom. The zero-order valence-corrected chi connectivity index (χ0v) is 34.2. The number of pyridine rings is 1. The number of anilines is 2. The lowest BCUT2D eigenvalue weighted by Gasteiger charge is -2.62. The molecule has 59 heavy (non-hydrogen) atoms. The number of nitrogens with one attached hydrogen (secondary N) is 2. The van der Waals surface area contributed by atoms with Crippen LogP contribution in [0.25, 0.3) is 0 Å². The second-order valence-electron chi connectivity index (χ2n) is 17.6. The van der Waals surface area contributed by atoms with Crippen LogP contribution < -0.4 is 25.2 Å². The number of piperidine rings is 2. The summed E-state index contributed by atoms with van der Waals surface area (Å²) < 4.78 is 6.33. The molecule has 1 atom stereocenters. The smallest absolute Gasteiger partial charge is 0.262 e. The van der Waals surface area contributed by atoms with E-state index in [4.69, 9.17) is 4.74 Å². The third-order valence-corrected chi connectivity index (χ3v) is 13.0. The minimum Gasteiger partial charge on any atom is -0.473 e. The molecule has 308 valence electrons. The van der Waals surface area contributed by atoms with E-state index < -0.39 is 29.7 Å². The van der Waals surface area contributed by atoms with Crippen LogP contribution in [0.2, 0.25) is 0 Å². The Hall–Kier alpha value is -5.95. The van der Waals surface area contributed by atoms with Gasteiger partial charge in [0.05, 0.1) is 27.9 Å². The van der Waals surface area contributed by atoms with Crippen LogP contribution in [0.4, 0.5) is 11.6 Å². The Morgan fingerprint density at radius 3 is 2.22 bits per heavy atom. The van der Waals surface area contributed by atoms with Crippen molar-refractivity contribution >= 4 is 41.2 Å². The number of carbonyl (C=O) groups excluding carboxylic acids is 5. The van der Waals surface area contributed by atoms with Gasteiger partial charge in [-0.2, -0.15) is 5.26 Å². The molecule has 3 aromatic rings. The van der Waals surface area contributed by atoms with E-state index in [1.165, 1.54) is 0 Å². The molecule has 5 aliphatic rings. The van der Waals surface area contributed by atoms with E-state index in [1.807, 2.05) is 6.07 Å². The van der Waals surface area contributed by atoms with Crippen molar-refractivity contribution < 1.29 is 28.7 Å². The first-order valence-corrected chi connectivity index (χ1v) is 20.4. The molecule has 2 N–H and O–H groups in total. The normalized spacial score (nSPS) is 24.3. The van der Waals surface area contributed by atoms with Crippen LogP contribution in [0, 0.1) is 35.0 Å². The fourth-order valence-corrected chi connectivity index (χ4v) is 9.98. The van der Waals surface area contributed by atoms with Crippen molar-refractivity contribution in [3.05, 3.63) is 70.7 Å². The average molecular weight is 803 g/mol. The molecule has 6 heterocycles. The number of benzene rings is 1. The molecule has 5 amide bonds. The van der Waals surface area contributed by atoms with E-state index in [-0.39, 0.29) is 47.3 Å². The van der Waals surface area contributed by atoms with Crippen LogP contribution in [0.3, 0.4) is 0 Å². The summed E-state index contributed by atoms with van der Waals surface area (Å²) in [6.45, 7) is 16.0. The maximum atomic E-state index is 13.4. The molecule has 1 aromatic carbocycles. The maximum Gasteiger partial charge on any atom is 0.262 e. The summed E-state index contributed by atoms with van der Waals surface area (Å²) in [5.74, 6) is -0.628. The summed E-state index contributed by atoms with van der Waals surface area (Å²) in [6, 6.07) is 9.70. The van der Waals surface area contributed by atoms with Gasteiger partial charge in [-0.15, -0.1) is 0 Å². The average Bonchev–Trinajstić information content (AvgIpc) is 3.47. The van der Waals surface area contributed by atoms with Crippen molar-refractivity contribution in [2.45, 2.75) is 78.5 Å². The molecule has 0 spiro atoms. The Bertz CT molecular complexity index is 2220. The fourth-order valence-electron chi connectivity index (χ4n) is 9.98. The number of carbonyl (C=O) groups is 5. The number of amides is 5. The Morgan fingerprint density at radius 1 is 0.898 bits per heavy atom. The van der Waals surface area contributed by atoms with Gasteiger partial charge >= 0.3 is 0 Å². The second-order valence-corrected chi connectivity index (χ2v) is 17.6. The number of hydrogen-bond donors (Lipinski definition) is 2. The summed E-state index contributed by atoms with van der Waals surface area (Å²) in [7, 11) is 0. The van der Waals surface area contributed by atoms with Gasteiger partial charge in [0.2, 0.25) is 23.6 Å². The minimum atomic E-state index is -0.981. The third-order valence-electron chi connectivity index (χ3n) is 13.0. The van der Waals surface area contributed by atoms with E-state index in [0.29, 0.717) is 40.1 Å². The van der Waals surface area contributed by atoms with Gasteiger partial charge in [-0.05, 0) is 56.4 Å². The van der Waals surface area contributed by atoms with Crippen LogP contribution in [0.15, 0.2) is 42.7 Å². The van der Waals surface area contributed by atoms with Gasteiger partial charge in [0, 0.05) is 93.3 Å². The van der Waals surface area contributed by atoms with Crippen LogP contribution in [-0.2, 0) is 9.59 Å². The molecule has 0 radical (unpaired) electrons. The second kappa shape index (κ2) is 15.3. The van der Waals surface area contributed by atoms with Crippen LogP contribution in [-0.4, -0.2) is 118 Å². The third kappa shape index (κ3) is 7.37. The first-order chi connectivity index (χ1) is 28.1. The van der Waals surface area contributed by atoms with Gasteiger partial charge < -0.3 is 19.9 Å². The lowest BCUT2D eigenvalue weighted by atomic mass is 9.49. The lowest BCUT2D eigenvalue weighted by Crippen LogP contribution is -2.74. The molecule has 8 rings (SSSR count). The lowest BCUT2D eigenvalue weighted by molar-refractivity contribution is -0.165. The summed E-state index contributed by atoms with van der Waals surface area (Å²) in [5.41, 5.74) is 2.20. The van der Waals surface area contributed by atoms with Gasteiger partial charge in [-0.3, -0.25) is 39.1 Å². The SMILES string of the molecule is Cc1nc(O[C@H]2C(C)(C)[C@H](NC(=O)c3cnc(N4CCC(CN5CCN(c6ccc7c(c6)C(=O)N(C6CCC(=O)NC6=O)C7=O)CC5)CC4)nc3)C2(C)C)ccc1C#N. The Labute approximate surface area is 343 Å². The molecular weight excluding hydrogens is 753 g/mol. The number of imide groups is 2. The van der Waals surface area contributed by atoms with Gasteiger partial charge in [-0.25, -0.2) is 15.0 Å². The van der Waals surface area contributed by atoms with Crippen molar-refractivity contribution in [2.24, 2.45) is 16.7 Å². The number of aromatic nitrogens is 3. The minimum absolute atomic E-state index is 0.0856. The molecule has 1 aliphatic carbocycles. The standard InChI is InChI=1S/C43H50N10O6/c1-25-27(21-44)6-11-34(47-25)59-40-42(2,3)39(43(40,4)5)49-35(55)28-22-45-41(46-23-28)52-14-12-26(13-15-52)24-50-16-18-51(19-17-50)29-7-8-30-31(20-29)38(58)53(37(30)57)32-9-10-33(54)48-36(32)56/h6-8,11,20,22-23,26,32,39-40H,9-10,12-19,24H2,1-5H3,(H,49,55)(H,48,54,56)/t32?,39-,40-. The van der Waals surface area contributed by atoms with Gasteiger partial charge in [0.1, 0.15) is 18.2 Å². The molecule has 0 bridgehead atoms. The maximum absolute atomic E-state index is 13.4. The highest BCUT2D eigenvalue weighted by Crippen LogP contribution is 2.55. The largest absolute Gasteiger partial charge is 0.473 e. The van der Waals surface area contributed by atoms with Crippen molar-refractivity contribution in [3.63, 3.8) is 0 Å². The molecule has 16 heteroatoms. The molecule has 4 aliphatic heterocycles. The Balaban J connectivity index is 0.789. The first kappa shape index (κ1) is 39.9. The fraction of sp³-hybridized carbons (Fsp3) is 0.512. The van der Waals surface area contributed by atoms with E-state index in [1.54, 1.807) is 43.6 Å². The number of nitriles is 1. The van der Waals surface area contributed by atoms with Crippen LogP contribution >= 0.6 is 0 Å². The van der Waals surface area contributed by atoms with Crippen molar-refractivity contribution in [3.8, 4) is 11.9 Å². The molecule has 4 fully saturated rings. The summed E-state index contributed by atoms with van der Waals surface area (Å²) in [4.78, 5) is 85.5. The van der Waals surface area contributed by atoms with E-state index in [2.05, 4.69) is 74.0 Å². The zero-order chi connectivity index (χ0) is 41.8. The number of aryl methyl sites for hydroxylation is 1. The van der Waals surface area contributed by atoms with Gasteiger partial charge in [0.15, 0.2) is 0 Å².